The Bertz CT molecular complexity index is 566. The first kappa shape index (κ1) is 20.4. The molecular weight excluding hydrogens is 423 g/mol. The van der Waals surface area contributed by atoms with Crippen LogP contribution < -0.4 is 19.6 Å². The molecule has 0 saturated heterocycles. The maximum Gasteiger partial charge on any atom is -1.00 e. The summed E-state index contributed by atoms with van der Waals surface area (Å²) in [6.45, 7) is 1.73. The molecule has 1 N–H and O–H groups in total. The quantitative estimate of drug-likeness (QED) is 0.514. The van der Waals surface area contributed by atoms with E-state index in [0.29, 0.717) is 0 Å². The van der Waals surface area contributed by atoms with Crippen molar-refractivity contribution >= 4 is 27.2 Å². The molecule has 0 amide bonds. The van der Waals surface area contributed by atoms with Gasteiger partial charge in [-0.2, -0.15) is 0 Å². The fourth-order valence-electron chi connectivity index (χ4n) is 2.45. The number of benzene rings is 2. The van der Waals surface area contributed by atoms with Gasteiger partial charge < -0.3 is 12.4 Å². The summed E-state index contributed by atoms with van der Waals surface area (Å²) < 4.78 is 13.4. The van der Waals surface area contributed by atoms with Crippen molar-refractivity contribution in [3.63, 3.8) is 0 Å². The molecule has 2 rings (SSSR count). The summed E-state index contributed by atoms with van der Waals surface area (Å²) in [5.74, 6) is 0. The Morgan fingerprint density at radius 3 is 1.43 bits per heavy atom. The number of hydrogen-bond donors (Lipinski definition) is 1. The molecule has 0 spiro atoms. The molecule has 0 heterocycles. The fourth-order valence-corrected chi connectivity index (χ4v) is 6.48. The van der Waals surface area contributed by atoms with Gasteiger partial charge in [0.05, 0.1) is 0 Å². The second-order valence-corrected chi connectivity index (χ2v) is 10.1. The second-order valence-electron chi connectivity index (χ2n) is 5.98. The zero-order valence-electron chi connectivity index (χ0n) is 14.2. The number of hydrogen-bond acceptors (Lipinski definition) is 3. The molecule has 0 aromatic heterocycles. The van der Waals surface area contributed by atoms with Crippen LogP contribution in [0.25, 0.3) is 0 Å². The van der Waals surface area contributed by atoms with E-state index in [1.807, 2.05) is 12.1 Å². The molecule has 2 aromatic rings. The van der Waals surface area contributed by atoms with Gasteiger partial charge in [0.25, 0.3) is 0 Å². The molecule has 23 heavy (non-hydrogen) atoms. The van der Waals surface area contributed by atoms with E-state index in [0.717, 1.165) is 20.3 Å². The van der Waals surface area contributed by atoms with Gasteiger partial charge >= 0.3 is 141 Å². The maximum absolute atomic E-state index is 11.1. The van der Waals surface area contributed by atoms with Crippen molar-refractivity contribution in [3.05, 3.63) is 59.7 Å². The molecule has 0 aliphatic rings. The summed E-state index contributed by atoms with van der Waals surface area (Å²) in [5.41, 5.74) is 2.48. The third-order valence-corrected chi connectivity index (χ3v) is 7.99. The molecule has 0 fully saturated rings. The topological polar surface area (TPSA) is 26.7 Å². The van der Waals surface area contributed by atoms with E-state index in [1.165, 1.54) is 11.1 Å². The first-order chi connectivity index (χ1) is 10.5. The van der Waals surface area contributed by atoms with Crippen molar-refractivity contribution in [2.45, 2.75) is 13.1 Å². The van der Waals surface area contributed by atoms with E-state index in [9.17, 15) is 3.47 Å². The molecule has 0 atom stereocenters. The fraction of sp³-hybridized carbons (Fsp3) is 0.333. The van der Waals surface area contributed by atoms with E-state index in [2.05, 4.69) is 74.4 Å². The first-order valence-electron chi connectivity index (χ1n) is 7.37. The zero-order chi connectivity index (χ0) is 16.1. The molecule has 126 valence electrons. The minimum absolute atomic E-state index is 0. The molecule has 0 unspecified atom stereocenters. The van der Waals surface area contributed by atoms with Crippen molar-refractivity contribution in [1.29, 1.82) is 0 Å². The van der Waals surface area contributed by atoms with E-state index < -0.39 is 20.0 Å². The minimum Gasteiger partial charge on any atom is -1.00 e. The molecule has 0 aliphatic heterocycles. The van der Waals surface area contributed by atoms with Gasteiger partial charge in [0, 0.05) is 0 Å². The Hall–Kier alpha value is -0.600. The summed E-state index contributed by atoms with van der Waals surface area (Å²) in [7, 11) is 8.25. The molecule has 5 heteroatoms. The summed E-state index contributed by atoms with van der Waals surface area (Å²) in [6, 6.07) is 16.6. The Morgan fingerprint density at radius 2 is 1.09 bits per heavy atom. The molecule has 2 aromatic carbocycles. The van der Waals surface area contributed by atoms with Gasteiger partial charge in [0.2, 0.25) is 0 Å². The van der Waals surface area contributed by atoms with E-state index in [-0.39, 0.29) is 12.4 Å². The Kier molecular flexibility index (Phi) is 8.57. The molecular formula is C18H25ClN2OTe. The van der Waals surface area contributed by atoms with Gasteiger partial charge in [-0.15, -0.1) is 0 Å². The second kappa shape index (κ2) is 9.64. The van der Waals surface area contributed by atoms with Crippen LogP contribution in [-0.2, 0) is 13.1 Å². The Labute approximate surface area is 153 Å². The minimum atomic E-state index is -2.52. The van der Waals surface area contributed by atoms with Crippen LogP contribution in [-0.4, -0.2) is 61.4 Å². The molecule has 0 aliphatic carbocycles. The third kappa shape index (κ3) is 5.76. The summed E-state index contributed by atoms with van der Waals surface area (Å²) in [4.78, 5) is 4.30. The Balaban J connectivity index is 0.00000264. The average Bonchev–Trinajstić information content (AvgIpc) is 2.46. The molecule has 0 radical (unpaired) electrons. The van der Waals surface area contributed by atoms with Crippen molar-refractivity contribution < 1.29 is 15.9 Å². The van der Waals surface area contributed by atoms with Gasteiger partial charge in [-0.3, -0.25) is 0 Å². The summed E-state index contributed by atoms with van der Waals surface area (Å²) in [6.07, 6.45) is 0. The van der Waals surface area contributed by atoms with Gasteiger partial charge in [0.1, 0.15) is 0 Å². The Morgan fingerprint density at radius 1 is 0.739 bits per heavy atom. The van der Waals surface area contributed by atoms with Gasteiger partial charge in [-0.05, 0) is 0 Å². The number of rotatable bonds is 6. The van der Waals surface area contributed by atoms with Crippen LogP contribution in [0.3, 0.4) is 0 Å². The van der Waals surface area contributed by atoms with Gasteiger partial charge in [-0.25, -0.2) is 0 Å². The van der Waals surface area contributed by atoms with Crippen LogP contribution >= 0.6 is 0 Å². The van der Waals surface area contributed by atoms with Crippen molar-refractivity contribution in [2.24, 2.45) is 0 Å². The molecule has 0 bridgehead atoms. The van der Waals surface area contributed by atoms with Crippen molar-refractivity contribution in [1.82, 2.24) is 9.80 Å². The van der Waals surface area contributed by atoms with Crippen LogP contribution in [0.5, 0.6) is 0 Å². The summed E-state index contributed by atoms with van der Waals surface area (Å²) >= 11 is -2.52. The van der Waals surface area contributed by atoms with Gasteiger partial charge in [0.15, 0.2) is 0 Å². The van der Waals surface area contributed by atoms with Gasteiger partial charge in [-0.1, -0.05) is 0 Å². The largest absolute Gasteiger partial charge is 1.00 e. The SMILES string of the molecule is CN(C)Cc1ccccc1[Te+](O)c1ccccc1CN(C)C.[Cl-]. The van der Waals surface area contributed by atoms with Crippen molar-refractivity contribution in [3.8, 4) is 0 Å². The predicted molar refractivity (Wildman–Crippen MR) is 94.9 cm³/mol. The number of halogens is 1. The third-order valence-electron chi connectivity index (χ3n) is 3.33. The van der Waals surface area contributed by atoms with Crippen LogP contribution in [0.15, 0.2) is 48.5 Å². The van der Waals surface area contributed by atoms with Crippen LogP contribution in [0, 0.1) is 0 Å². The smallest absolute Gasteiger partial charge is 1.00 e. The predicted octanol–water partition coefficient (Wildman–Crippen LogP) is -2.09. The van der Waals surface area contributed by atoms with Crippen LogP contribution in [0.2, 0.25) is 0 Å². The zero-order valence-corrected chi connectivity index (χ0v) is 17.2. The van der Waals surface area contributed by atoms with Crippen molar-refractivity contribution in [2.75, 3.05) is 28.2 Å². The average molecular weight is 448 g/mol. The van der Waals surface area contributed by atoms with E-state index in [1.54, 1.807) is 0 Å². The maximum atomic E-state index is 11.1. The molecule has 3 nitrogen and oxygen atoms in total. The number of nitrogens with zero attached hydrogens (tertiary/aromatic N) is 2. The van der Waals surface area contributed by atoms with Crippen LogP contribution in [0.1, 0.15) is 11.1 Å². The van der Waals surface area contributed by atoms with Crippen LogP contribution in [0.4, 0.5) is 0 Å². The normalized spacial score (nSPS) is 11.1. The first-order valence-corrected chi connectivity index (χ1v) is 10.7. The van der Waals surface area contributed by atoms with E-state index >= 15 is 0 Å². The monoisotopic (exact) mass is 450 g/mol. The summed E-state index contributed by atoms with van der Waals surface area (Å²) in [5, 5.41) is 0. The standard InChI is InChI=1S/C18H25N2OTe.ClH/c1-19(2)13-15-9-5-7-11-17(15)22(21)18-12-8-6-10-16(18)14-20(3)4;/h5-12,21H,13-14H2,1-4H3;1H/q+1;/p-1. The molecule has 0 saturated carbocycles. The van der Waals surface area contributed by atoms with E-state index in [4.69, 9.17) is 0 Å².